The van der Waals surface area contributed by atoms with Gasteiger partial charge in [-0.25, -0.2) is 4.79 Å². The van der Waals surface area contributed by atoms with Crippen LogP contribution < -0.4 is 0 Å². The van der Waals surface area contributed by atoms with Gasteiger partial charge in [0, 0.05) is 0 Å². The van der Waals surface area contributed by atoms with Crippen LogP contribution in [0.2, 0.25) is 0 Å². The number of carbonyl (C=O) groups is 4. The smallest absolute Gasteiger partial charge is 0.336 e. The topological polar surface area (TPSA) is 210 Å². The summed E-state index contributed by atoms with van der Waals surface area (Å²) < 4.78 is 0. The number of Topliss-reactive ketones (excluding diaryl/α,β-unsaturated/α-hetero) is 1. The fraction of sp³-hybridized carbons (Fsp3) is 0.636. The second-order valence-corrected chi connectivity index (χ2v) is 4.28. The van der Waals surface area contributed by atoms with E-state index in [0.717, 1.165) is 6.92 Å². The normalized spacial score (nSPS) is 13.3. The molecule has 0 saturated heterocycles. The lowest BCUT2D eigenvalue weighted by Gasteiger charge is -2.18. The molecular weight excluding hydrogens is 308 g/mol. The molecule has 7 N–H and O–H groups in total. The van der Waals surface area contributed by atoms with Gasteiger partial charge in [-0.3, -0.25) is 14.4 Å². The van der Waals surface area contributed by atoms with E-state index in [1.54, 1.807) is 0 Å². The molecule has 11 heteroatoms. The van der Waals surface area contributed by atoms with Gasteiger partial charge in [0.05, 0.1) is 19.4 Å². The fourth-order valence-corrected chi connectivity index (χ4v) is 1.08. The minimum atomic E-state index is -2.74. The molecule has 22 heavy (non-hydrogen) atoms. The molecule has 0 rings (SSSR count). The first-order valence-corrected chi connectivity index (χ1v) is 5.74. The number of hydrogen-bond donors (Lipinski definition) is 7. The first-order chi connectivity index (χ1) is 9.87. The van der Waals surface area contributed by atoms with Gasteiger partial charge < -0.3 is 35.7 Å². The zero-order chi connectivity index (χ0) is 18.1. The molecule has 2 unspecified atom stereocenters. The minimum absolute atomic E-state index is 0.545. The molecule has 0 aromatic rings. The van der Waals surface area contributed by atoms with E-state index in [2.05, 4.69) is 0 Å². The number of aliphatic hydroxyl groups is 4. The SMILES string of the molecule is CC(=O)C(O)C(O)CO.O=C(O)CC(O)(CC(=O)O)C(=O)O. The predicted octanol–water partition coefficient (Wildman–Crippen LogP) is -2.96. The van der Waals surface area contributed by atoms with Crippen LogP contribution in [0.3, 0.4) is 0 Å². The van der Waals surface area contributed by atoms with Crippen molar-refractivity contribution in [2.45, 2.75) is 37.6 Å². The highest BCUT2D eigenvalue weighted by molar-refractivity contribution is 5.88. The van der Waals surface area contributed by atoms with Crippen LogP contribution in [0.1, 0.15) is 19.8 Å². The lowest BCUT2D eigenvalue weighted by atomic mass is 9.96. The van der Waals surface area contributed by atoms with Crippen LogP contribution in [0.5, 0.6) is 0 Å². The third-order valence-electron chi connectivity index (χ3n) is 2.25. The van der Waals surface area contributed by atoms with Crippen LogP contribution in [-0.2, 0) is 19.2 Å². The number of hydrogen-bond acceptors (Lipinski definition) is 8. The van der Waals surface area contributed by atoms with E-state index >= 15 is 0 Å². The molecule has 0 aromatic heterocycles. The summed E-state index contributed by atoms with van der Waals surface area (Å²) in [5.41, 5.74) is -2.74. The van der Waals surface area contributed by atoms with E-state index in [1.807, 2.05) is 0 Å². The van der Waals surface area contributed by atoms with E-state index in [-0.39, 0.29) is 0 Å². The summed E-state index contributed by atoms with van der Waals surface area (Å²) in [6.07, 6.45) is -5.08. The molecule has 0 aromatic carbocycles. The van der Waals surface area contributed by atoms with Gasteiger partial charge in [0.2, 0.25) is 0 Å². The van der Waals surface area contributed by atoms with Gasteiger partial charge in [0.1, 0.15) is 12.2 Å². The average Bonchev–Trinajstić information content (AvgIpc) is 2.35. The Morgan fingerprint density at radius 1 is 0.955 bits per heavy atom. The number of rotatable bonds is 8. The quantitative estimate of drug-likeness (QED) is 0.239. The van der Waals surface area contributed by atoms with Crippen molar-refractivity contribution < 1.29 is 54.9 Å². The van der Waals surface area contributed by atoms with Crippen LogP contribution >= 0.6 is 0 Å². The number of aliphatic hydroxyl groups excluding tert-OH is 3. The molecule has 0 aliphatic rings. The molecule has 11 nitrogen and oxygen atoms in total. The van der Waals surface area contributed by atoms with Crippen molar-refractivity contribution in [2.24, 2.45) is 0 Å². The molecule has 0 heterocycles. The summed E-state index contributed by atoms with van der Waals surface area (Å²) in [6, 6.07) is 0. The van der Waals surface area contributed by atoms with Crippen LogP contribution in [0.25, 0.3) is 0 Å². The number of carboxylic acids is 3. The molecule has 128 valence electrons. The summed E-state index contributed by atoms with van der Waals surface area (Å²) in [5.74, 6) is -5.56. The van der Waals surface area contributed by atoms with Crippen LogP contribution in [0, 0.1) is 0 Å². The Labute approximate surface area is 124 Å². The largest absolute Gasteiger partial charge is 0.481 e. The maximum atomic E-state index is 10.3. The maximum Gasteiger partial charge on any atom is 0.336 e. The highest BCUT2D eigenvalue weighted by Gasteiger charge is 2.40. The zero-order valence-corrected chi connectivity index (χ0v) is 11.5. The Morgan fingerprint density at radius 2 is 1.32 bits per heavy atom. The molecule has 0 spiro atoms. The van der Waals surface area contributed by atoms with E-state index < -0.39 is 60.9 Å². The molecule has 2 atom stereocenters. The highest BCUT2D eigenvalue weighted by Crippen LogP contribution is 2.15. The van der Waals surface area contributed by atoms with E-state index in [9.17, 15) is 19.2 Å². The lowest BCUT2D eigenvalue weighted by Crippen LogP contribution is -2.42. The Hall–Kier alpha value is -2.08. The minimum Gasteiger partial charge on any atom is -0.481 e. The summed E-state index contributed by atoms with van der Waals surface area (Å²) in [4.78, 5) is 40.7. The third-order valence-corrected chi connectivity index (χ3v) is 2.25. The first-order valence-electron chi connectivity index (χ1n) is 5.74. The Kier molecular flexibility index (Phi) is 9.87. The van der Waals surface area contributed by atoms with Gasteiger partial charge in [-0.05, 0) is 6.92 Å². The number of carbonyl (C=O) groups excluding carboxylic acids is 1. The van der Waals surface area contributed by atoms with Crippen molar-refractivity contribution in [1.82, 2.24) is 0 Å². The monoisotopic (exact) mass is 326 g/mol. The fourth-order valence-electron chi connectivity index (χ4n) is 1.08. The lowest BCUT2D eigenvalue weighted by molar-refractivity contribution is -0.170. The molecule has 0 bridgehead atoms. The second-order valence-electron chi connectivity index (χ2n) is 4.28. The van der Waals surface area contributed by atoms with Gasteiger partial charge in [0.15, 0.2) is 11.4 Å². The van der Waals surface area contributed by atoms with Crippen molar-refractivity contribution in [2.75, 3.05) is 6.61 Å². The van der Waals surface area contributed by atoms with Crippen molar-refractivity contribution in [3.63, 3.8) is 0 Å². The Morgan fingerprint density at radius 3 is 1.45 bits per heavy atom. The predicted molar refractivity (Wildman–Crippen MR) is 66.9 cm³/mol. The molecule has 0 aliphatic heterocycles. The summed E-state index contributed by atoms with van der Waals surface area (Å²) in [7, 11) is 0. The standard InChI is InChI=1S/C6H8O7.C5H10O4/c7-3(8)1-6(13,5(11)12)2-4(9)10;1-3(7)5(9)4(8)2-6/h13H,1-2H2,(H,7,8)(H,9,10)(H,11,12);4-6,8-9H,2H2,1H3. The zero-order valence-electron chi connectivity index (χ0n) is 11.5. The van der Waals surface area contributed by atoms with Gasteiger partial charge >= 0.3 is 17.9 Å². The molecule has 0 fully saturated rings. The molecule has 0 aliphatic carbocycles. The van der Waals surface area contributed by atoms with Crippen LogP contribution in [0.4, 0.5) is 0 Å². The Balaban J connectivity index is 0. The molecule has 0 amide bonds. The van der Waals surface area contributed by atoms with Gasteiger partial charge in [-0.2, -0.15) is 0 Å². The highest BCUT2D eigenvalue weighted by atomic mass is 16.4. The summed E-state index contributed by atoms with van der Waals surface area (Å²) >= 11 is 0. The molecule has 0 radical (unpaired) electrons. The van der Waals surface area contributed by atoms with Crippen LogP contribution in [0.15, 0.2) is 0 Å². The van der Waals surface area contributed by atoms with E-state index in [1.165, 1.54) is 0 Å². The molecule has 0 saturated carbocycles. The number of carboxylic acid groups (broad SMARTS) is 3. The summed E-state index contributed by atoms with van der Waals surface area (Å²) in [6.45, 7) is 0.546. The van der Waals surface area contributed by atoms with Crippen molar-refractivity contribution in [3.8, 4) is 0 Å². The van der Waals surface area contributed by atoms with Gasteiger partial charge in [-0.1, -0.05) is 0 Å². The van der Waals surface area contributed by atoms with E-state index in [4.69, 9.17) is 35.7 Å². The second kappa shape index (κ2) is 9.78. The van der Waals surface area contributed by atoms with E-state index in [0.29, 0.717) is 0 Å². The third kappa shape index (κ3) is 8.97. The van der Waals surface area contributed by atoms with Crippen molar-refractivity contribution in [3.05, 3.63) is 0 Å². The molecular formula is C11H18O11. The number of aliphatic carboxylic acids is 3. The van der Waals surface area contributed by atoms with Crippen molar-refractivity contribution in [1.29, 1.82) is 0 Å². The number of ketones is 1. The average molecular weight is 326 g/mol. The first kappa shape index (κ1) is 22.2. The van der Waals surface area contributed by atoms with Gasteiger partial charge in [0.25, 0.3) is 0 Å². The van der Waals surface area contributed by atoms with Crippen molar-refractivity contribution >= 4 is 23.7 Å². The maximum absolute atomic E-state index is 10.3. The van der Waals surface area contributed by atoms with Gasteiger partial charge in [-0.15, -0.1) is 0 Å². The van der Waals surface area contributed by atoms with Crippen LogP contribution in [-0.4, -0.2) is 83.9 Å². The summed E-state index contributed by atoms with van der Waals surface area (Å²) in [5, 5.41) is 59.2. The Bertz CT molecular complexity index is 400.